The van der Waals surface area contributed by atoms with Crippen molar-refractivity contribution in [3.8, 4) is 0 Å². The summed E-state index contributed by atoms with van der Waals surface area (Å²) < 4.78 is 16.9. The highest BCUT2D eigenvalue weighted by atomic mass is 35.5. The molecule has 26 heavy (non-hydrogen) atoms. The third kappa shape index (κ3) is 3.39. The maximum atomic E-state index is 12.3. The SMILES string of the molecule is CCOC(=O)c1ncc(Cn2c(=O)oc3cc(Cl)c(C(C)(C)C)cc32)o1. The van der Waals surface area contributed by atoms with Gasteiger partial charge >= 0.3 is 17.6 Å². The fourth-order valence-corrected chi connectivity index (χ4v) is 3.07. The van der Waals surface area contributed by atoms with Gasteiger partial charge in [0.05, 0.1) is 24.9 Å². The van der Waals surface area contributed by atoms with Crippen molar-refractivity contribution in [3.05, 3.63) is 51.1 Å². The Morgan fingerprint density at radius 1 is 1.31 bits per heavy atom. The Balaban J connectivity index is 2.01. The van der Waals surface area contributed by atoms with E-state index in [-0.39, 0.29) is 24.5 Å². The molecule has 3 rings (SSSR count). The summed E-state index contributed by atoms with van der Waals surface area (Å²) in [6, 6.07) is 3.48. The second-order valence-corrected chi connectivity index (χ2v) is 7.26. The van der Waals surface area contributed by atoms with E-state index in [0.29, 0.717) is 21.9 Å². The Morgan fingerprint density at radius 2 is 2.04 bits per heavy atom. The van der Waals surface area contributed by atoms with Crippen LogP contribution in [0, 0.1) is 0 Å². The fraction of sp³-hybridized carbons (Fsp3) is 0.389. The molecule has 2 heterocycles. The minimum Gasteiger partial charge on any atom is -0.459 e. The highest BCUT2D eigenvalue weighted by molar-refractivity contribution is 6.32. The lowest BCUT2D eigenvalue weighted by atomic mass is 9.87. The fourth-order valence-electron chi connectivity index (χ4n) is 2.63. The molecule has 0 atom stereocenters. The van der Waals surface area contributed by atoms with Gasteiger partial charge in [0.1, 0.15) is 5.76 Å². The highest BCUT2D eigenvalue weighted by Gasteiger charge is 2.22. The lowest BCUT2D eigenvalue weighted by Gasteiger charge is -2.20. The van der Waals surface area contributed by atoms with Gasteiger partial charge in [-0.3, -0.25) is 4.57 Å². The Hall–Kier alpha value is -2.54. The Kier molecular flexibility index (Phi) is 4.66. The van der Waals surface area contributed by atoms with Gasteiger partial charge in [0.2, 0.25) is 0 Å². The molecular weight excluding hydrogens is 360 g/mol. The van der Waals surface area contributed by atoms with Crippen molar-refractivity contribution < 1.29 is 18.4 Å². The maximum Gasteiger partial charge on any atom is 0.420 e. The van der Waals surface area contributed by atoms with Crippen LogP contribution >= 0.6 is 11.6 Å². The third-order valence-electron chi connectivity index (χ3n) is 3.88. The van der Waals surface area contributed by atoms with Gasteiger partial charge in [-0.15, -0.1) is 0 Å². The molecule has 3 aromatic rings. The van der Waals surface area contributed by atoms with Crippen molar-refractivity contribution in [3.63, 3.8) is 0 Å². The van der Waals surface area contributed by atoms with Gasteiger partial charge in [0.15, 0.2) is 5.58 Å². The first-order valence-electron chi connectivity index (χ1n) is 8.16. The Bertz CT molecular complexity index is 1020. The number of hydrogen-bond donors (Lipinski definition) is 0. The topological polar surface area (TPSA) is 87.5 Å². The number of ether oxygens (including phenoxy) is 1. The molecule has 8 heteroatoms. The van der Waals surface area contributed by atoms with Gasteiger partial charge < -0.3 is 13.6 Å². The van der Waals surface area contributed by atoms with Crippen LogP contribution < -0.4 is 5.76 Å². The average molecular weight is 379 g/mol. The minimum atomic E-state index is -0.648. The Labute approximate surface area is 154 Å². The number of carbonyl (C=O) groups is 1. The molecule has 2 aromatic heterocycles. The van der Waals surface area contributed by atoms with Crippen LogP contribution in [0.25, 0.3) is 11.1 Å². The van der Waals surface area contributed by atoms with Gasteiger partial charge in [-0.2, -0.15) is 0 Å². The number of oxazole rings is 2. The smallest absolute Gasteiger partial charge is 0.420 e. The molecule has 0 aliphatic carbocycles. The summed E-state index contributed by atoms with van der Waals surface area (Å²) in [5.41, 5.74) is 1.68. The molecular formula is C18H19ClN2O5. The maximum absolute atomic E-state index is 12.3. The first-order valence-corrected chi connectivity index (χ1v) is 8.53. The summed E-state index contributed by atoms with van der Waals surface area (Å²) in [4.78, 5) is 27.8. The lowest BCUT2D eigenvalue weighted by molar-refractivity contribution is 0.0478. The van der Waals surface area contributed by atoms with Crippen molar-refractivity contribution >= 4 is 28.7 Å². The van der Waals surface area contributed by atoms with Gasteiger partial charge in [-0.05, 0) is 24.0 Å². The average Bonchev–Trinajstić information content (AvgIpc) is 3.11. The number of benzene rings is 1. The molecule has 0 radical (unpaired) electrons. The lowest BCUT2D eigenvalue weighted by Crippen LogP contribution is -2.16. The molecule has 7 nitrogen and oxygen atoms in total. The number of fused-ring (bicyclic) bond motifs is 1. The van der Waals surface area contributed by atoms with Crippen molar-refractivity contribution in [1.82, 2.24) is 9.55 Å². The van der Waals surface area contributed by atoms with E-state index in [2.05, 4.69) is 4.98 Å². The molecule has 0 amide bonds. The number of nitrogens with zero attached hydrogens (tertiary/aromatic N) is 2. The van der Waals surface area contributed by atoms with Gasteiger partial charge in [0.25, 0.3) is 0 Å². The van der Waals surface area contributed by atoms with Gasteiger partial charge in [0, 0.05) is 11.1 Å². The molecule has 0 aliphatic heterocycles. The number of carbonyl (C=O) groups excluding carboxylic acids is 1. The van der Waals surface area contributed by atoms with E-state index in [0.717, 1.165) is 5.56 Å². The summed E-state index contributed by atoms with van der Waals surface area (Å²) >= 11 is 6.33. The molecule has 0 spiro atoms. The van der Waals surface area contributed by atoms with E-state index < -0.39 is 11.7 Å². The first kappa shape index (κ1) is 18.3. The first-order chi connectivity index (χ1) is 12.2. The van der Waals surface area contributed by atoms with Gasteiger partial charge in [-0.25, -0.2) is 14.6 Å². The number of esters is 1. The minimum absolute atomic E-state index is 0.0729. The van der Waals surface area contributed by atoms with Crippen LogP contribution in [0.5, 0.6) is 0 Å². The summed E-state index contributed by atoms with van der Waals surface area (Å²) in [6.07, 6.45) is 1.39. The van der Waals surface area contributed by atoms with Crippen molar-refractivity contribution in [1.29, 1.82) is 0 Å². The van der Waals surface area contributed by atoms with E-state index in [4.69, 9.17) is 25.2 Å². The summed E-state index contributed by atoms with van der Waals surface area (Å²) in [5, 5.41) is 0.537. The summed E-state index contributed by atoms with van der Waals surface area (Å²) in [6.45, 7) is 8.08. The summed E-state index contributed by atoms with van der Waals surface area (Å²) in [5.74, 6) is -1.01. The van der Waals surface area contributed by atoms with Crippen LogP contribution in [0.1, 0.15) is 49.7 Å². The summed E-state index contributed by atoms with van der Waals surface area (Å²) in [7, 11) is 0. The standard InChI is InChI=1S/C18H19ClN2O5/c1-5-24-16(22)15-20-8-10(25-15)9-21-13-6-11(18(2,3)4)12(19)7-14(13)26-17(21)23/h6-8H,5,9H2,1-4H3. The zero-order valence-electron chi connectivity index (χ0n) is 15.0. The molecule has 0 saturated carbocycles. The van der Waals surface area contributed by atoms with Gasteiger partial charge in [-0.1, -0.05) is 32.4 Å². The van der Waals surface area contributed by atoms with E-state index in [1.165, 1.54) is 10.8 Å². The molecule has 1 aromatic carbocycles. The van der Waals surface area contributed by atoms with E-state index in [9.17, 15) is 9.59 Å². The second-order valence-electron chi connectivity index (χ2n) is 6.86. The van der Waals surface area contributed by atoms with E-state index >= 15 is 0 Å². The van der Waals surface area contributed by atoms with Crippen LogP contribution in [0.15, 0.2) is 32.0 Å². The number of aromatic nitrogens is 2. The quantitative estimate of drug-likeness (QED) is 0.642. The molecule has 0 bridgehead atoms. The molecule has 0 unspecified atom stereocenters. The highest BCUT2D eigenvalue weighted by Crippen LogP contribution is 2.33. The van der Waals surface area contributed by atoms with Crippen LogP contribution in [0.3, 0.4) is 0 Å². The molecule has 0 aliphatic rings. The van der Waals surface area contributed by atoms with Crippen molar-refractivity contribution in [2.45, 2.75) is 39.7 Å². The molecule has 0 fully saturated rings. The van der Waals surface area contributed by atoms with Crippen LogP contribution in [-0.2, 0) is 16.7 Å². The van der Waals surface area contributed by atoms with E-state index in [1.807, 2.05) is 26.8 Å². The number of rotatable bonds is 4. The Morgan fingerprint density at radius 3 is 2.69 bits per heavy atom. The zero-order chi connectivity index (χ0) is 19.1. The van der Waals surface area contributed by atoms with Crippen LogP contribution in [0.2, 0.25) is 5.02 Å². The third-order valence-corrected chi connectivity index (χ3v) is 4.20. The number of halogens is 1. The monoisotopic (exact) mass is 378 g/mol. The van der Waals surface area contributed by atoms with Crippen LogP contribution in [-0.4, -0.2) is 22.1 Å². The largest absolute Gasteiger partial charge is 0.459 e. The predicted molar refractivity (Wildman–Crippen MR) is 95.7 cm³/mol. The molecule has 0 N–H and O–H groups in total. The second kappa shape index (κ2) is 6.64. The molecule has 0 saturated heterocycles. The molecule has 138 valence electrons. The zero-order valence-corrected chi connectivity index (χ0v) is 15.7. The normalized spacial score (nSPS) is 11.9. The van der Waals surface area contributed by atoms with E-state index in [1.54, 1.807) is 13.0 Å². The van der Waals surface area contributed by atoms with Crippen molar-refractivity contribution in [2.75, 3.05) is 6.61 Å². The number of hydrogen-bond acceptors (Lipinski definition) is 6. The van der Waals surface area contributed by atoms with Crippen LogP contribution in [0.4, 0.5) is 0 Å². The predicted octanol–water partition coefficient (Wildman–Crippen LogP) is 3.76. The van der Waals surface area contributed by atoms with Crippen molar-refractivity contribution in [2.24, 2.45) is 0 Å².